The van der Waals surface area contributed by atoms with E-state index < -0.39 is 0 Å². The van der Waals surface area contributed by atoms with Gasteiger partial charge in [-0.3, -0.25) is 9.69 Å². The number of halogens is 2. The number of para-hydroxylation sites is 1. The van der Waals surface area contributed by atoms with Gasteiger partial charge in [0.2, 0.25) is 5.91 Å². The van der Waals surface area contributed by atoms with Crippen molar-refractivity contribution in [2.45, 2.75) is 19.4 Å². The molecule has 2 aliphatic rings. The van der Waals surface area contributed by atoms with Crippen LogP contribution in [0, 0.1) is 11.7 Å². The third kappa shape index (κ3) is 4.90. The van der Waals surface area contributed by atoms with Gasteiger partial charge in [0.05, 0.1) is 11.6 Å². The minimum absolute atomic E-state index is 0.0444. The predicted molar refractivity (Wildman–Crippen MR) is 115 cm³/mol. The highest BCUT2D eigenvalue weighted by Crippen LogP contribution is 2.24. The molecule has 4 rings (SSSR count). The molecular formula is C23H27ClFN3O. The maximum atomic E-state index is 14.0. The van der Waals surface area contributed by atoms with Gasteiger partial charge < -0.3 is 9.80 Å². The van der Waals surface area contributed by atoms with E-state index in [1.165, 1.54) is 11.6 Å². The number of benzene rings is 2. The number of likely N-dealkylation sites (tertiary alicyclic amines) is 1. The Labute approximate surface area is 176 Å². The van der Waals surface area contributed by atoms with Crippen molar-refractivity contribution in [1.29, 1.82) is 0 Å². The van der Waals surface area contributed by atoms with Gasteiger partial charge in [0, 0.05) is 44.3 Å². The molecule has 2 aromatic rings. The molecule has 1 atom stereocenters. The third-order valence-electron chi connectivity index (χ3n) is 5.93. The lowest BCUT2D eigenvalue weighted by molar-refractivity contribution is -0.137. The van der Waals surface area contributed by atoms with Gasteiger partial charge >= 0.3 is 0 Å². The molecule has 0 bridgehead atoms. The highest BCUT2D eigenvalue weighted by molar-refractivity contribution is 6.30. The van der Waals surface area contributed by atoms with Crippen LogP contribution in [0.5, 0.6) is 0 Å². The lowest BCUT2D eigenvalue weighted by Gasteiger charge is -2.39. The van der Waals surface area contributed by atoms with Crippen LogP contribution in [0.4, 0.5) is 10.1 Å². The molecule has 29 heavy (non-hydrogen) atoms. The van der Waals surface area contributed by atoms with E-state index in [1.54, 1.807) is 6.07 Å². The molecule has 1 unspecified atom stereocenters. The standard InChI is InChI=1S/C23H27ClFN3O/c24-20-7-3-5-18(15-20)16-26-10-4-6-19(17-26)23(29)28-13-11-27(12-14-28)22-9-2-1-8-21(22)25/h1-3,5,7-9,15,19H,4,6,10-14,16-17H2. The zero-order chi connectivity index (χ0) is 20.2. The number of anilines is 1. The van der Waals surface area contributed by atoms with Crippen molar-refractivity contribution in [3.05, 3.63) is 64.9 Å². The summed E-state index contributed by atoms with van der Waals surface area (Å²) in [4.78, 5) is 19.5. The molecule has 0 N–H and O–H groups in total. The van der Waals surface area contributed by atoms with Crippen LogP contribution < -0.4 is 4.90 Å². The van der Waals surface area contributed by atoms with Crippen LogP contribution in [-0.2, 0) is 11.3 Å². The molecule has 2 saturated heterocycles. The lowest BCUT2D eigenvalue weighted by atomic mass is 9.95. The minimum atomic E-state index is -0.198. The summed E-state index contributed by atoms with van der Waals surface area (Å²) in [6, 6.07) is 14.8. The van der Waals surface area contributed by atoms with E-state index in [4.69, 9.17) is 11.6 Å². The van der Waals surface area contributed by atoms with Crippen LogP contribution in [0.1, 0.15) is 18.4 Å². The van der Waals surface area contributed by atoms with Crippen molar-refractivity contribution in [1.82, 2.24) is 9.80 Å². The normalized spacial score (nSPS) is 20.7. The first kappa shape index (κ1) is 20.2. The van der Waals surface area contributed by atoms with E-state index in [0.29, 0.717) is 31.9 Å². The Morgan fingerprint density at radius 1 is 1.03 bits per heavy atom. The first-order chi connectivity index (χ1) is 14.1. The van der Waals surface area contributed by atoms with Crippen molar-refractivity contribution in [2.75, 3.05) is 44.2 Å². The van der Waals surface area contributed by atoms with E-state index in [0.717, 1.165) is 37.5 Å². The summed E-state index contributed by atoms with van der Waals surface area (Å²) in [5, 5.41) is 0.750. The fourth-order valence-corrected chi connectivity index (χ4v) is 4.64. The first-order valence-electron chi connectivity index (χ1n) is 10.4. The molecule has 0 aliphatic carbocycles. The van der Waals surface area contributed by atoms with Crippen LogP contribution in [0.2, 0.25) is 5.02 Å². The number of piperidine rings is 1. The summed E-state index contributed by atoms with van der Waals surface area (Å²) < 4.78 is 14.0. The molecule has 0 saturated carbocycles. The number of carbonyl (C=O) groups excluding carboxylic acids is 1. The van der Waals surface area contributed by atoms with Crippen molar-refractivity contribution in [2.24, 2.45) is 5.92 Å². The largest absolute Gasteiger partial charge is 0.366 e. The molecule has 2 fully saturated rings. The van der Waals surface area contributed by atoms with Crippen LogP contribution in [0.25, 0.3) is 0 Å². The number of hydrogen-bond donors (Lipinski definition) is 0. The molecule has 4 nitrogen and oxygen atoms in total. The second kappa shape index (κ2) is 9.14. The van der Waals surface area contributed by atoms with Gasteiger partial charge in [0.1, 0.15) is 5.82 Å². The molecule has 0 radical (unpaired) electrons. The summed E-state index contributed by atoms with van der Waals surface area (Å²) in [7, 11) is 0. The second-order valence-electron chi connectivity index (χ2n) is 7.97. The average Bonchev–Trinajstić information content (AvgIpc) is 2.74. The summed E-state index contributed by atoms with van der Waals surface area (Å²) in [5.41, 5.74) is 1.81. The smallest absolute Gasteiger partial charge is 0.227 e. The zero-order valence-corrected chi connectivity index (χ0v) is 17.3. The maximum absolute atomic E-state index is 14.0. The van der Waals surface area contributed by atoms with E-state index in [9.17, 15) is 9.18 Å². The highest BCUT2D eigenvalue weighted by atomic mass is 35.5. The van der Waals surface area contributed by atoms with E-state index in [2.05, 4.69) is 11.0 Å². The second-order valence-corrected chi connectivity index (χ2v) is 8.40. The summed E-state index contributed by atoms with van der Waals surface area (Å²) in [5.74, 6) is 0.0909. The van der Waals surface area contributed by atoms with Crippen molar-refractivity contribution >= 4 is 23.2 Å². The Morgan fingerprint density at radius 3 is 2.59 bits per heavy atom. The topological polar surface area (TPSA) is 26.8 Å². The molecule has 6 heteroatoms. The van der Waals surface area contributed by atoms with Crippen LogP contribution in [-0.4, -0.2) is 55.0 Å². The van der Waals surface area contributed by atoms with Crippen molar-refractivity contribution in [3.8, 4) is 0 Å². The molecule has 2 aromatic carbocycles. The average molecular weight is 416 g/mol. The van der Waals surface area contributed by atoms with E-state index >= 15 is 0 Å². The van der Waals surface area contributed by atoms with Crippen molar-refractivity contribution < 1.29 is 9.18 Å². The van der Waals surface area contributed by atoms with E-state index in [-0.39, 0.29) is 17.6 Å². The lowest BCUT2D eigenvalue weighted by Crippen LogP contribution is -2.52. The SMILES string of the molecule is O=C(C1CCCN(Cc2cccc(Cl)c2)C1)N1CCN(c2ccccc2F)CC1. The molecule has 2 heterocycles. The molecule has 154 valence electrons. The summed E-state index contributed by atoms with van der Waals surface area (Å²) >= 11 is 6.10. The van der Waals surface area contributed by atoms with Gasteiger partial charge in [-0.05, 0) is 49.2 Å². The summed E-state index contributed by atoms with van der Waals surface area (Å²) in [6.45, 7) is 5.27. The van der Waals surface area contributed by atoms with Gasteiger partial charge in [0.25, 0.3) is 0 Å². The fraction of sp³-hybridized carbons (Fsp3) is 0.435. The summed E-state index contributed by atoms with van der Waals surface area (Å²) in [6.07, 6.45) is 1.98. The van der Waals surface area contributed by atoms with E-state index in [1.807, 2.05) is 40.1 Å². The van der Waals surface area contributed by atoms with Crippen molar-refractivity contribution in [3.63, 3.8) is 0 Å². The Kier molecular flexibility index (Phi) is 6.36. The van der Waals surface area contributed by atoms with Crippen LogP contribution >= 0.6 is 11.6 Å². The molecule has 0 aromatic heterocycles. The Balaban J connectivity index is 1.32. The number of piperazine rings is 1. The zero-order valence-electron chi connectivity index (χ0n) is 16.6. The number of hydrogen-bond acceptors (Lipinski definition) is 3. The number of rotatable bonds is 4. The van der Waals surface area contributed by atoms with Gasteiger partial charge in [-0.2, -0.15) is 0 Å². The third-order valence-corrected chi connectivity index (χ3v) is 6.17. The Hall–Kier alpha value is -2.11. The Morgan fingerprint density at radius 2 is 1.83 bits per heavy atom. The van der Waals surface area contributed by atoms with Gasteiger partial charge in [-0.1, -0.05) is 35.9 Å². The number of nitrogens with zero attached hydrogens (tertiary/aromatic N) is 3. The van der Waals surface area contributed by atoms with Crippen LogP contribution in [0.3, 0.4) is 0 Å². The molecule has 1 amide bonds. The maximum Gasteiger partial charge on any atom is 0.227 e. The van der Waals surface area contributed by atoms with Gasteiger partial charge in [-0.15, -0.1) is 0 Å². The predicted octanol–water partition coefficient (Wildman–Crippen LogP) is 4.04. The molecule has 2 aliphatic heterocycles. The van der Waals surface area contributed by atoms with Crippen LogP contribution in [0.15, 0.2) is 48.5 Å². The first-order valence-corrected chi connectivity index (χ1v) is 10.7. The Bertz CT molecular complexity index is 854. The monoisotopic (exact) mass is 415 g/mol. The molecular weight excluding hydrogens is 389 g/mol. The number of amides is 1. The fourth-order valence-electron chi connectivity index (χ4n) is 4.43. The quantitative estimate of drug-likeness (QED) is 0.754. The highest BCUT2D eigenvalue weighted by Gasteiger charge is 2.31. The minimum Gasteiger partial charge on any atom is -0.366 e. The van der Waals surface area contributed by atoms with Gasteiger partial charge in [-0.25, -0.2) is 4.39 Å². The molecule has 0 spiro atoms. The van der Waals surface area contributed by atoms with Gasteiger partial charge in [0.15, 0.2) is 0 Å². The number of carbonyl (C=O) groups is 1.